The number of ether oxygens (including phenoxy) is 1. The smallest absolute Gasteiger partial charge is 0.341 e. The molecule has 11 heteroatoms. The molecule has 0 aliphatic carbocycles. The van der Waals surface area contributed by atoms with Gasteiger partial charge in [0.1, 0.15) is 27.0 Å². The molecule has 1 aromatic carbocycles. The standard InChI is InChI=1S/C25H25FN4O4S2/c1-6-34-25(33)19-18(14-7-9-15(26)10-8-14)13(3)35-24(19)29-22(32)20-12(2)17-21(31)27-16(11-30(4)5)28-23(17)36-20/h7-10H,6,11H2,1-5H3,(H,29,32)(H,27,28,31). The molecule has 0 saturated heterocycles. The lowest BCUT2D eigenvalue weighted by atomic mass is 10.0. The van der Waals surface area contributed by atoms with Crippen LogP contribution in [0.5, 0.6) is 0 Å². The summed E-state index contributed by atoms with van der Waals surface area (Å²) in [5.74, 6) is -0.930. The zero-order valence-electron chi connectivity index (χ0n) is 20.4. The van der Waals surface area contributed by atoms with Gasteiger partial charge >= 0.3 is 5.97 Å². The minimum Gasteiger partial charge on any atom is -0.462 e. The SMILES string of the molecule is CCOC(=O)c1c(NC(=O)c2sc3nc(CN(C)C)[nH]c(=O)c3c2C)sc(C)c1-c1ccc(F)cc1. The Morgan fingerprint density at radius 3 is 2.50 bits per heavy atom. The average molecular weight is 529 g/mol. The van der Waals surface area contributed by atoms with Crippen LogP contribution in [0.3, 0.4) is 0 Å². The second-order valence-corrected chi connectivity index (χ2v) is 10.6. The predicted molar refractivity (Wildman–Crippen MR) is 141 cm³/mol. The number of anilines is 1. The van der Waals surface area contributed by atoms with Gasteiger partial charge in [0.2, 0.25) is 0 Å². The number of carbonyl (C=O) groups excluding carboxylic acids is 2. The van der Waals surface area contributed by atoms with Crippen LogP contribution in [-0.4, -0.2) is 47.4 Å². The van der Waals surface area contributed by atoms with E-state index in [-0.39, 0.29) is 17.7 Å². The summed E-state index contributed by atoms with van der Waals surface area (Å²) >= 11 is 2.36. The maximum atomic E-state index is 13.5. The van der Waals surface area contributed by atoms with Gasteiger partial charge < -0.3 is 19.9 Å². The Morgan fingerprint density at radius 2 is 1.86 bits per heavy atom. The van der Waals surface area contributed by atoms with Gasteiger partial charge in [-0.15, -0.1) is 22.7 Å². The van der Waals surface area contributed by atoms with Gasteiger partial charge in [-0.1, -0.05) is 12.1 Å². The monoisotopic (exact) mass is 528 g/mol. The molecule has 2 N–H and O–H groups in total. The lowest BCUT2D eigenvalue weighted by Gasteiger charge is -2.09. The number of amides is 1. The number of aromatic nitrogens is 2. The molecule has 3 aromatic heterocycles. The molecule has 188 valence electrons. The van der Waals surface area contributed by atoms with Crippen LogP contribution >= 0.6 is 22.7 Å². The van der Waals surface area contributed by atoms with E-state index in [0.29, 0.717) is 49.2 Å². The number of halogens is 1. The third-order valence-corrected chi connectivity index (χ3v) is 7.65. The molecule has 4 rings (SSSR count). The highest BCUT2D eigenvalue weighted by Gasteiger charge is 2.27. The Morgan fingerprint density at radius 1 is 1.17 bits per heavy atom. The number of nitrogens with zero attached hydrogens (tertiary/aromatic N) is 2. The number of aromatic amines is 1. The molecule has 0 saturated carbocycles. The average Bonchev–Trinajstić information content (AvgIpc) is 3.30. The first-order chi connectivity index (χ1) is 17.1. The van der Waals surface area contributed by atoms with Gasteiger partial charge in [-0.2, -0.15) is 0 Å². The summed E-state index contributed by atoms with van der Waals surface area (Å²) in [7, 11) is 3.74. The van der Waals surface area contributed by atoms with Crippen molar-refractivity contribution in [1.82, 2.24) is 14.9 Å². The van der Waals surface area contributed by atoms with Crippen molar-refractivity contribution >= 4 is 49.8 Å². The van der Waals surface area contributed by atoms with E-state index in [4.69, 9.17) is 4.74 Å². The third kappa shape index (κ3) is 4.95. The van der Waals surface area contributed by atoms with E-state index < -0.39 is 17.7 Å². The van der Waals surface area contributed by atoms with Gasteiger partial charge in [0, 0.05) is 10.4 Å². The molecule has 4 aromatic rings. The zero-order chi connectivity index (χ0) is 26.1. The lowest BCUT2D eigenvalue weighted by molar-refractivity contribution is 0.0529. The highest BCUT2D eigenvalue weighted by atomic mass is 32.1. The first-order valence-electron chi connectivity index (χ1n) is 11.2. The first kappa shape index (κ1) is 25.7. The summed E-state index contributed by atoms with van der Waals surface area (Å²) in [5.41, 5.74) is 1.64. The fourth-order valence-corrected chi connectivity index (χ4v) is 6.09. The topological polar surface area (TPSA) is 104 Å². The number of thiophene rings is 2. The molecule has 0 spiro atoms. The van der Waals surface area contributed by atoms with Crippen LogP contribution in [0, 0.1) is 19.7 Å². The number of carbonyl (C=O) groups is 2. The van der Waals surface area contributed by atoms with E-state index in [0.717, 1.165) is 16.2 Å². The van der Waals surface area contributed by atoms with Crippen molar-refractivity contribution in [3.8, 4) is 11.1 Å². The largest absolute Gasteiger partial charge is 0.462 e. The summed E-state index contributed by atoms with van der Waals surface area (Å²) < 4.78 is 18.8. The second-order valence-electron chi connectivity index (χ2n) is 8.41. The van der Waals surface area contributed by atoms with E-state index >= 15 is 0 Å². The molecule has 0 fully saturated rings. The Bertz CT molecular complexity index is 1520. The maximum Gasteiger partial charge on any atom is 0.341 e. The van der Waals surface area contributed by atoms with Crippen LogP contribution in [0.25, 0.3) is 21.3 Å². The number of esters is 1. The number of nitrogens with one attached hydrogen (secondary N) is 2. The highest BCUT2D eigenvalue weighted by Crippen LogP contribution is 2.41. The summed E-state index contributed by atoms with van der Waals surface area (Å²) in [6, 6.07) is 5.79. The molecule has 0 bridgehead atoms. The molecule has 36 heavy (non-hydrogen) atoms. The molecule has 0 radical (unpaired) electrons. The fraction of sp³-hybridized carbons (Fsp3) is 0.280. The van der Waals surface area contributed by atoms with Crippen molar-refractivity contribution in [1.29, 1.82) is 0 Å². The van der Waals surface area contributed by atoms with E-state index in [1.165, 1.54) is 23.5 Å². The van der Waals surface area contributed by atoms with Crippen molar-refractivity contribution in [2.45, 2.75) is 27.3 Å². The van der Waals surface area contributed by atoms with Gasteiger partial charge in [0.15, 0.2) is 0 Å². The van der Waals surface area contributed by atoms with Crippen LogP contribution in [0.1, 0.15) is 43.2 Å². The highest BCUT2D eigenvalue weighted by molar-refractivity contribution is 7.21. The van der Waals surface area contributed by atoms with Crippen LogP contribution in [0.15, 0.2) is 29.1 Å². The Kier molecular flexibility index (Phi) is 7.34. The van der Waals surface area contributed by atoms with Crippen molar-refractivity contribution in [3.63, 3.8) is 0 Å². The molecule has 0 aliphatic rings. The molecule has 0 aliphatic heterocycles. The number of H-pyrrole nitrogens is 1. The Hall–Kier alpha value is -3.41. The minimum absolute atomic E-state index is 0.156. The second kappa shape index (κ2) is 10.3. The van der Waals surface area contributed by atoms with Crippen LogP contribution in [0.2, 0.25) is 0 Å². The van der Waals surface area contributed by atoms with Crippen molar-refractivity contribution in [2.24, 2.45) is 0 Å². The Balaban J connectivity index is 1.76. The Labute approximate surface area is 214 Å². The normalized spacial score (nSPS) is 11.3. The van der Waals surface area contributed by atoms with Gasteiger partial charge in [-0.3, -0.25) is 9.59 Å². The maximum absolute atomic E-state index is 13.5. The predicted octanol–water partition coefficient (Wildman–Crippen LogP) is 4.96. The molecule has 0 unspecified atom stereocenters. The minimum atomic E-state index is -0.587. The summed E-state index contributed by atoms with van der Waals surface area (Å²) in [4.78, 5) is 49.8. The number of hydrogen-bond donors (Lipinski definition) is 2. The molecular formula is C25H25FN4O4S2. The molecular weight excluding hydrogens is 503 g/mol. The van der Waals surface area contributed by atoms with Gasteiger partial charge in [0.05, 0.1) is 23.4 Å². The summed E-state index contributed by atoms with van der Waals surface area (Å²) in [5, 5.41) is 3.53. The fourth-order valence-electron chi connectivity index (χ4n) is 3.93. The van der Waals surface area contributed by atoms with E-state index in [1.54, 1.807) is 26.0 Å². The number of aryl methyl sites for hydroxylation is 2. The van der Waals surface area contributed by atoms with E-state index in [1.807, 2.05) is 25.9 Å². The number of hydrogen-bond acceptors (Lipinski definition) is 8. The van der Waals surface area contributed by atoms with Crippen LogP contribution < -0.4 is 10.9 Å². The van der Waals surface area contributed by atoms with E-state index in [9.17, 15) is 18.8 Å². The lowest BCUT2D eigenvalue weighted by Crippen LogP contribution is -2.18. The van der Waals surface area contributed by atoms with Crippen LogP contribution in [-0.2, 0) is 11.3 Å². The van der Waals surface area contributed by atoms with E-state index in [2.05, 4.69) is 15.3 Å². The molecule has 0 atom stereocenters. The zero-order valence-corrected chi connectivity index (χ0v) is 22.1. The van der Waals surface area contributed by atoms with Crippen molar-refractivity contribution in [3.05, 3.63) is 67.1 Å². The molecule has 8 nitrogen and oxygen atoms in total. The summed E-state index contributed by atoms with van der Waals surface area (Å²) in [6.07, 6.45) is 0. The number of rotatable bonds is 7. The quantitative estimate of drug-likeness (QED) is 0.329. The number of benzene rings is 1. The number of fused-ring (bicyclic) bond motifs is 1. The van der Waals surface area contributed by atoms with Gasteiger partial charge in [-0.25, -0.2) is 14.2 Å². The van der Waals surface area contributed by atoms with Crippen LogP contribution in [0.4, 0.5) is 9.39 Å². The first-order valence-corrected chi connectivity index (χ1v) is 12.8. The van der Waals surface area contributed by atoms with Gasteiger partial charge in [0.25, 0.3) is 11.5 Å². The molecule has 3 heterocycles. The van der Waals surface area contributed by atoms with Crippen molar-refractivity contribution < 1.29 is 18.7 Å². The summed E-state index contributed by atoms with van der Waals surface area (Å²) in [6.45, 7) is 5.83. The third-order valence-electron chi connectivity index (χ3n) is 5.45. The van der Waals surface area contributed by atoms with Crippen molar-refractivity contribution in [2.75, 3.05) is 26.0 Å². The van der Waals surface area contributed by atoms with Gasteiger partial charge in [-0.05, 0) is 58.1 Å². The molecule has 1 amide bonds.